The van der Waals surface area contributed by atoms with Crippen LogP contribution >= 0.6 is 22.9 Å². The zero-order chi connectivity index (χ0) is 29.3. The van der Waals surface area contributed by atoms with Crippen molar-refractivity contribution in [3.05, 3.63) is 104 Å². The lowest BCUT2D eigenvalue weighted by Crippen LogP contribution is -2.29. The van der Waals surface area contributed by atoms with Crippen LogP contribution in [0.1, 0.15) is 50.0 Å². The minimum absolute atomic E-state index is 0.0241. The fourth-order valence-electron chi connectivity index (χ4n) is 4.56. The fraction of sp³-hybridized carbons (Fsp3) is 0.200. The monoisotopic (exact) mass is 592 g/mol. The zero-order valence-corrected chi connectivity index (χ0v) is 23.8. The Kier molecular flexibility index (Phi) is 7.96. The van der Waals surface area contributed by atoms with Gasteiger partial charge in [0.2, 0.25) is 5.76 Å². The van der Waals surface area contributed by atoms with Gasteiger partial charge in [-0.15, -0.1) is 0 Å². The van der Waals surface area contributed by atoms with Crippen molar-refractivity contribution in [1.82, 2.24) is 4.98 Å². The number of aromatic nitrogens is 1. The highest BCUT2D eigenvalue weighted by Crippen LogP contribution is 2.45. The summed E-state index contributed by atoms with van der Waals surface area (Å²) in [5.74, 6) is -0.401. The molecule has 4 aromatic rings. The smallest absolute Gasteiger partial charge is 0.350 e. The molecule has 2 aromatic heterocycles. The first-order valence-electron chi connectivity index (χ1n) is 12.6. The van der Waals surface area contributed by atoms with Gasteiger partial charge >= 0.3 is 5.97 Å². The van der Waals surface area contributed by atoms with E-state index in [4.69, 9.17) is 30.2 Å². The molecule has 1 aliphatic rings. The molecule has 0 radical (unpaired) electrons. The van der Waals surface area contributed by atoms with Crippen LogP contribution in [0.5, 0.6) is 11.5 Å². The van der Waals surface area contributed by atoms with E-state index in [9.17, 15) is 14.4 Å². The summed E-state index contributed by atoms with van der Waals surface area (Å²) in [4.78, 5) is 46.7. The Morgan fingerprint density at radius 3 is 2.63 bits per heavy atom. The molecule has 9 nitrogen and oxygen atoms in total. The highest BCUT2D eigenvalue weighted by molar-refractivity contribution is 7.17. The van der Waals surface area contributed by atoms with Crippen molar-refractivity contribution in [3.8, 4) is 11.5 Å². The molecule has 0 N–H and O–H groups in total. The predicted molar refractivity (Wildman–Crippen MR) is 157 cm³/mol. The van der Waals surface area contributed by atoms with Crippen LogP contribution in [0.3, 0.4) is 0 Å². The number of esters is 1. The number of benzene rings is 2. The van der Waals surface area contributed by atoms with Gasteiger partial charge in [0.25, 0.3) is 5.91 Å². The average Bonchev–Trinajstić information content (AvgIpc) is 3.48. The van der Waals surface area contributed by atoms with Crippen LogP contribution in [0.25, 0.3) is 11.0 Å². The summed E-state index contributed by atoms with van der Waals surface area (Å²) in [7, 11) is 0. The van der Waals surface area contributed by atoms with Crippen molar-refractivity contribution in [1.29, 1.82) is 0 Å². The number of amides is 1. The molecular formula is C30H25ClN2O7S. The van der Waals surface area contributed by atoms with Crippen molar-refractivity contribution in [3.63, 3.8) is 0 Å². The Bertz CT molecular complexity index is 1760. The number of halogens is 1. The van der Waals surface area contributed by atoms with Gasteiger partial charge in [0.05, 0.1) is 29.3 Å². The molecule has 1 unspecified atom stereocenters. The summed E-state index contributed by atoms with van der Waals surface area (Å²) in [6, 6.07) is 8.83. The number of carbonyl (C=O) groups excluding carboxylic acids is 2. The lowest BCUT2D eigenvalue weighted by atomic mass is 9.98. The maximum Gasteiger partial charge on any atom is 0.350 e. The van der Waals surface area contributed by atoms with Crippen LogP contribution in [0.2, 0.25) is 5.02 Å². The van der Waals surface area contributed by atoms with Crippen LogP contribution in [0.15, 0.2) is 70.9 Å². The number of fused-ring (bicyclic) bond motifs is 2. The number of hydrogen-bond acceptors (Lipinski definition) is 9. The van der Waals surface area contributed by atoms with Crippen LogP contribution < -0.4 is 19.8 Å². The second kappa shape index (κ2) is 11.6. The number of aryl methyl sites for hydroxylation is 1. The van der Waals surface area contributed by atoms with E-state index in [1.165, 1.54) is 17.0 Å². The van der Waals surface area contributed by atoms with Crippen LogP contribution in [-0.2, 0) is 4.74 Å². The number of anilines is 1. The van der Waals surface area contributed by atoms with E-state index in [2.05, 4.69) is 18.1 Å². The summed E-state index contributed by atoms with van der Waals surface area (Å²) in [6.07, 6.45) is 3.07. The predicted octanol–water partition coefficient (Wildman–Crippen LogP) is 6.27. The van der Waals surface area contributed by atoms with Gasteiger partial charge in [-0.2, -0.15) is 0 Å². The fourth-order valence-corrected chi connectivity index (χ4v) is 5.72. The van der Waals surface area contributed by atoms with Crippen molar-refractivity contribution in [2.24, 2.45) is 0 Å². The normalized spacial score (nSPS) is 14.2. The second-order valence-electron chi connectivity index (χ2n) is 8.93. The molecule has 1 atom stereocenters. The lowest BCUT2D eigenvalue weighted by molar-refractivity contribution is 0.0554. The van der Waals surface area contributed by atoms with Gasteiger partial charge in [-0.25, -0.2) is 9.78 Å². The zero-order valence-electron chi connectivity index (χ0n) is 22.3. The summed E-state index contributed by atoms with van der Waals surface area (Å²) in [5, 5.41) is 0.778. The van der Waals surface area contributed by atoms with Crippen LogP contribution in [0, 0.1) is 6.92 Å². The first-order valence-corrected chi connectivity index (χ1v) is 13.8. The average molecular weight is 593 g/mol. The summed E-state index contributed by atoms with van der Waals surface area (Å²) in [5.41, 5.74) is 0.855. The molecule has 210 valence electrons. The number of nitrogens with zero attached hydrogens (tertiary/aromatic N) is 2. The Hall–Kier alpha value is -4.41. The lowest BCUT2D eigenvalue weighted by Gasteiger charge is -2.23. The Labute approximate surface area is 244 Å². The number of ether oxygens (including phenoxy) is 3. The molecule has 0 aliphatic carbocycles. The summed E-state index contributed by atoms with van der Waals surface area (Å²) in [6.45, 7) is 11.4. The quantitative estimate of drug-likeness (QED) is 0.157. The molecule has 3 heterocycles. The Morgan fingerprint density at radius 1 is 1.12 bits per heavy atom. The van der Waals surface area contributed by atoms with Gasteiger partial charge in [-0.3, -0.25) is 14.5 Å². The molecule has 41 heavy (non-hydrogen) atoms. The third-order valence-electron chi connectivity index (χ3n) is 6.28. The van der Waals surface area contributed by atoms with E-state index in [1.807, 2.05) is 6.92 Å². The Balaban J connectivity index is 1.72. The first-order chi connectivity index (χ1) is 19.8. The molecular weight excluding hydrogens is 568 g/mol. The third-order valence-corrected chi connectivity index (χ3v) is 7.65. The van der Waals surface area contributed by atoms with E-state index in [-0.39, 0.29) is 45.5 Å². The van der Waals surface area contributed by atoms with Gasteiger partial charge in [0, 0.05) is 5.02 Å². The number of carbonyl (C=O) groups is 2. The van der Waals surface area contributed by atoms with E-state index in [0.717, 1.165) is 11.3 Å². The first kappa shape index (κ1) is 28.1. The molecule has 1 aliphatic heterocycles. The highest BCUT2D eigenvalue weighted by Gasteiger charge is 2.45. The molecule has 2 aromatic carbocycles. The number of thiazole rings is 1. The maximum absolute atomic E-state index is 14.0. The maximum atomic E-state index is 14.0. The van der Waals surface area contributed by atoms with E-state index < -0.39 is 23.3 Å². The highest BCUT2D eigenvalue weighted by atomic mass is 35.5. The van der Waals surface area contributed by atoms with Gasteiger partial charge in [0.1, 0.15) is 23.7 Å². The molecule has 0 spiro atoms. The molecule has 0 saturated carbocycles. The molecule has 11 heteroatoms. The molecule has 0 fully saturated rings. The largest absolute Gasteiger partial charge is 0.490 e. The standard InChI is InChI=1S/C30H25ClN2O7S/c1-5-12-38-21-10-8-17(14-22(21)37-7-3)24-23-25(34)19-15-18(31)9-11-20(19)40-26(23)28(35)33(24)30-32-16(4)27(41-30)29(36)39-13-6-2/h5-6,8-11,14-15,24H,1-2,7,12-13H2,3-4H3. The van der Waals surface area contributed by atoms with Crippen molar-refractivity contribution >= 4 is 50.9 Å². The van der Waals surface area contributed by atoms with Crippen molar-refractivity contribution < 1.29 is 28.2 Å². The number of rotatable bonds is 10. The van der Waals surface area contributed by atoms with Crippen LogP contribution in [-0.4, -0.2) is 36.7 Å². The molecule has 0 bridgehead atoms. The van der Waals surface area contributed by atoms with Crippen molar-refractivity contribution in [2.75, 3.05) is 24.7 Å². The van der Waals surface area contributed by atoms with Gasteiger partial charge in [-0.05, 0) is 49.7 Å². The molecule has 0 saturated heterocycles. The number of hydrogen-bond donors (Lipinski definition) is 0. The minimum Gasteiger partial charge on any atom is -0.490 e. The SMILES string of the molecule is C=CCOC(=O)c1sc(N2C(=O)c3oc4ccc(Cl)cc4c(=O)c3C2c2ccc(OCC=C)c(OCC)c2)nc1C. The second-order valence-corrected chi connectivity index (χ2v) is 10.3. The van der Waals surface area contributed by atoms with Gasteiger partial charge in [0.15, 0.2) is 22.1 Å². The molecule has 5 rings (SSSR count). The summed E-state index contributed by atoms with van der Waals surface area (Å²) >= 11 is 7.18. The molecule has 1 amide bonds. The van der Waals surface area contributed by atoms with Gasteiger partial charge < -0.3 is 18.6 Å². The van der Waals surface area contributed by atoms with E-state index >= 15 is 0 Å². The van der Waals surface area contributed by atoms with Gasteiger partial charge in [-0.1, -0.05) is 54.3 Å². The van der Waals surface area contributed by atoms with Crippen LogP contribution in [0.4, 0.5) is 5.13 Å². The summed E-state index contributed by atoms with van der Waals surface area (Å²) < 4.78 is 22.8. The van der Waals surface area contributed by atoms with E-state index in [0.29, 0.717) is 34.4 Å². The van der Waals surface area contributed by atoms with Crippen molar-refractivity contribution in [2.45, 2.75) is 19.9 Å². The van der Waals surface area contributed by atoms with E-state index in [1.54, 1.807) is 43.3 Å². The Morgan fingerprint density at radius 2 is 1.90 bits per heavy atom. The minimum atomic E-state index is -0.951. The topological polar surface area (TPSA) is 108 Å². The third kappa shape index (κ3) is 5.12.